The van der Waals surface area contributed by atoms with Crippen molar-refractivity contribution in [3.63, 3.8) is 0 Å². The van der Waals surface area contributed by atoms with Crippen molar-refractivity contribution in [2.45, 2.75) is 13.2 Å². The highest BCUT2D eigenvalue weighted by Crippen LogP contribution is 2.05. The van der Waals surface area contributed by atoms with Crippen molar-refractivity contribution in [1.82, 2.24) is 0 Å². The summed E-state index contributed by atoms with van der Waals surface area (Å²) in [5.74, 6) is 0. The summed E-state index contributed by atoms with van der Waals surface area (Å²) in [4.78, 5) is 0. The highest BCUT2D eigenvalue weighted by Gasteiger charge is 1.93. The van der Waals surface area contributed by atoms with E-state index in [1.807, 2.05) is 36.4 Å². The molecule has 0 aliphatic carbocycles. The third kappa shape index (κ3) is 9.26. The van der Waals surface area contributed by atoms with Gasteiger partial charge in [-0.25, -0.2) is 0 Å². The Hall–Kier alpha value is -1.72. The number of hydrogen-bond donors (Lipinski definition) is 2. The van der Waals surface area contributed by atoms with E-state index in [2.05, 4.69) is 29.0 Å². The minimum absolute atomic E-state index is 0.0278. The van der Waals surface area contributed by atoms with Crippen molar-refractivity contribution in [1.29, 1.82) is 0 Å². The van der Waals surface area contributed by atoms with Gasteiger partial charge in [0.25, 0.3) is 0 Å². The Morgan fingerprint density at radius 2 is 1.00 bits per heavy atom. The van der Waals surface area contributed by atoms with Crippen LogP contribution in [0.2, 0.25) is 0 Å². The predicted octanol–water partition coefficient (Wildman–Crippen LogP) is 2.39. The Kier molecular flexibility index (Phi) is 10.8. The molecule has 0 radical (unpaired) electrons. The van der Waals surface area contributed by atoms with E-state index in [-0.39, 0.29) is 13.2 Å². The highest BCUT2D eigenvalue weighted by molar-refractivity contribution is 5.15. The summed E-state index contributed by atoms with van der Waals surface area (Å²) in [6.45, 7) is 2.05. The van der Waals surface area contributed by atoms with Crippen LogP contribution in [-0.4, -0.2) is 36.6 Å². The topological polar surface area (TPSA) is 58.9 Å². The Morgan fingerprint density at radius 1 is 0.591 bits per heavy atom. The molecule has 0 heterocycles. The Morgan fingerprint density at radius 3 is 1.36 bits per heavy atom. The molecular weight excluding hydrogens is 280 g/mol. The second kappa shape index (κ2) is 13.0. The lowest BCUT2D eigenvalue weighted by atomic mass is 10.2. The first-order chi connectivity index (χ1) is 10.9. The van der Waals surface area contributed by atoms with Crippen LogP contribution in [0.15, 0.2) is 60.7 Å². The van der Waals surface area contributed by atoms with Gasteiger partial charge in [0.15, 0.2) is 0 Å². The van der Waals surface area contributed by atoms with Crippen LogP contribution in [0, 0.1) is 0 Å². The van der Waals surface area contributed by atoms with Gasteiger partial charge in [-0.2, -0.15) is 0 Å². The first-order valence-electron chi connectivity index (χ1n) is 7.32. The van der Waals surface area contributed by atoms with Crippen molar-refractivity contribution in [2.24, 2.45) is 0 Å². The predicted molar refractivity (Wildman–Crippen MR) is 86.4 cm³/mol. The van der Waals surface area contributed by atoms with E-state index >= 15 is 0 Å². The summed E-state index contributed by atoms with van der Waals surface area (Å²) in [6.07, 6.45) is 0. The second-order valence-corrected chi connectivity index (χ2v) is 4.52. The molecule has 0 fully saturated rings. The van der Waals surface area contributed by atoms with Crippen molar-refractivity contribution >= 4 is 0 Å². The van der Waals surface area contributed by atoms with Gasteiger partial charge in [-0.1, -0.05) is 60.7 Å². The number of benzene rings is 2. The molecule has 4 nitrogen and oxygen atoms in total. The van der Waals surface area contributed by atoms with Crippen LogP contribution in [-0.2, 0) is 22.7 Å². The molecule has 0 unspecified atom stereocenters. The molecule has 0 amide bonds. The van der Waals surface area contributed by atoms with E-state index in [0.717, 1.165) is 0 Å². The van der Waals surface area contributed by atoms with E-state index in [1.54, 1.807) is 0 Å². The number of aliphatic hydroxyl groups excluding tert-OH is 2. The lowest BCUT2D eigenvalue weighted by Crippen LogP contribution is -2.03. The maximum absolute atomic E-state index is 8.09. The maximum Gasteiger partial charge on any atom is 0.0721 e. The van der Waals surface area contributed by atoms with E-state index in [1.165, 1.54) is 11.1 Å². The highest BCUT2D eigenvalue weighted by atomic mass is 16.5. The minimum atomic E-state index is 0.0278. The third-order valence-corrected chi connectivity index (χ3v) is 2.69. The lowest BCUT2D eigenvalue weighted by Gasteiger charge is -2.03. The zero-order valence-electron chi connectivity index (χ0n) is 12.7. The monoisotopic (exact) mass is 304 g/mol. The van der Waals surface area contributed by atoms with E-state index in [4.69, 9.17) is 14.9 Å². The molecule has 2 aromatic rings. The molecular formula is C18H24O4. The molecule has 2 N–H and O–H groups in total. The molecule has 0 aliphatic heterocycles. The molecule has 0 aromatic heterocycles. The van der Waals surface area contributed by atoms with Gasteiger partial charge in [-0.05, 0) is 11.1 Å². The summed E-state index contributed by atoms with van der Waals surface area (Å²) in [5, 5.41) is 16.2. The van der Waals surface area contributed by atoms with Gasteiger partial charge in [0.1, 0.15) is 0 Å². The number of ether oxygens (including phenoxy) is 2. The molecule has 4 heteroatoms. The average Bonchev–Trinajstić information content (AvgIpc) is 2.58. The molecule has 2 aromatic carbocycles. The molecule has 0 saturated carbocycles. The smallest absolute Gasteiger partial charge is 0.0721 e. The fourth-order valence-corrected chi connectivity index (χ4v) is 1.67. The standard InChI is InChI=1S/C14H14O.C4H10O3/c1-3-7-13(8-4-1)11-15-12-14-9-5-2-6-10-14;5-1-3-7-4-2-6/h1-10H,11-12H2;5-6H,1-4H2. The van der Waals surface area contributed by atoms with E-state index in [9.17, 15) is 0 Å². The molecule has 2 rings (SSSR count). The van der Waals surface area contributed by atoms with E-state index in [0.29, 0.717) is 26.4 Å². The van der Waals surface area contributed by atoms with Crippen molar-refractivity contribution in [3.8, 4) is 0 Å². The van der Waals surface area contributed by atoms with Crippen molar-refractivity contribution < 1.29 is 19.7 Å². The molecule has 0 atom stereocenters. The molecule has 0 saturated heterocycles. The number of aliphatic hydroxyl groups is 2. The Labute approximate surface area is 131 Å². The molecule has 0 aliphatic rings. The number of hydrogen-bond acceptors (Lipinski definition) is 4. The summed E-state index contributed by atoms with van der Waals surface area (Å²) < 4.78 is 10.2. The van der Waals surface area contributed by atoms with Crippen LogP contribution in [0.25, 0.3) is 0 Å². The van der Waals surface area contributed by atoms with Crippen LogP contribution >= 0.6 is 0 Å². The van der Waals surface area contributed by atoms with Gasteiger partial charge in [-0.3, -0.25) is 0 Å². The summed E-state index contributed by atoms with van der Waals surface area (Å²) >= 11 is 0. The lowest BCUT2D eigenvalue weighted by molar-refractivity contribution is 0.0650. The molecule has 0 bridgehead atoms. The van der Waals surface area contributed by atoms with Crippen LogP contribution in [0.4, 0.5) is 0 Å². The zero-order valence-corrected chi connectivity index (χ0v) is 12.7. The Balaban J connectivity index is 0.000000295. The normalized spacial score (nSPS) is 9.91. The summed E-state index contributed by atoms with van der Waals surface area (Å²) in [6, 6.07) is 20.4. The van der Waals surface area contributed by atoms with Gasteiger partial charge in [0, 0.05) is 0 Å². The Bertz CT molecular complexity index is 416. The van der Waals surface area contributed by atoms with Crippen LogP contribution < -0.4 is 0 Å². The molecule has 120 valence electrons. The third-order valence-electron chi connectivity index (χ3n) is 2.69. The average molecular weight is 304 g/mol. The largest absolute Gasteiger partial charge is 0.394 e. The summed E-state index contributed by atoms with van der Waals surface area (Å²) in [5.41, 5.74) is 2.43. The first-order valence-corrected chi connectivity index (χ1v) is 7.32. The second-order valence-electron chi connectivity index (χ2n) is 4.52. The number of rotatable bonds is 8. The fraction of sp³-hybridized carbons (Fsp3) is 0.333. The van der Waals surface area contributed by atoms with Crippen LogP contribution in [0.5, 0.6) is 0 Å². The van der Waals surface area contributed by atoms with Crippen molar-refractivity contribution in [2.75, 3.05) is 26.4 Å². The fourth-order valence-electron chi connectivity index (χ4n) is 1.67. The van der Waals surface area contributed by atoms with Crippen LogP contribution in [0.1, 0.15) is 11.1 Å². The van der Waals surface area contributed by atoms with Gasteiger partial charge in [0.2, 0.25) is 0 Å². The van der Waals surface area contributed by atoms with Gasteiger partial charge in [0.05, 0.1) is 39.6 Å². The van der Waals surface area contributed by atoms with Crippen LogP contribution in [0.3, 0.4) is 0 Å². The SMILES string of the molecule is OCCOCCO.c1ccc(COCc2ccccc2)cc1. The molecule has 0 spiro atoms. The zero-order chi connectivity index (χ0) is 15.9. The van der Waals surface area contributed by atoms with Crippen molar-refractivity contribution in [3.05, 3.63) is 71.8 Å². The van der Waals surface area contributed by atoms with Gasteiger partial charge in [-0.15, -0.1) is 0 Å². The molecule has 22 heavy (non-hydrogen) atoms. The van der Waals surface area contributed by atoms with E-state index < -0.39 is 0 Å². The maximum atomic E-state index is 8.09. The quantitative estimate of drug-likeness (QED) is 0.735. The van der Waals surface area contributed by atoms with Gasteiger partial charge < -0.3 is 19.7 Å². The minimum Gasteiger partial charge on any atom is -0.394 e. The first kappa shape index (κ1) is 18.3. The van der Waals surface area contributed by atoms with Gasteiger partial charge >= 0.3 is 0 Å². The summed E-state index contributed by atoms with van der Waals surface area (Å²) in [7, 11) is 0.